The van der Waals surface area contributed by atoms with Crippen molar-refractivity contribution in [3.05, 3.63) is 77.9 Å². The van der Waals surface area contributed by atoms with E-state index in [1.54, 1.807) is 7.11 Å². The van der Waals surface area contributed by atoms with Gasteiger partial charge in [-0.1, -0.05) is 36.4 Å². The van der Waals surface area contributed by atoms with Crippen LogP contribution < -0.4 is 14.2 Å². The summed E-state index contributed by atoms with van der Waals surface area (Å²) < 4.78 is 16.2. The molecular weight excluding hydrogens is 378 g/mol. The lowest BCUT2D eigenvalue weighted by Crippen LogP contribution is -2.30. The second-order valence-electron chi connectivity index (χ2n) is 7.64. The maximum Gasteiger partial charge on any atom is 0.231 e. The number of aliphatic hydroxyl groups is 1. The zero-order valence-corrected chi connectivity index (χ0v) is 17.4. The van der Waals surface area contributed by atoms with Crippen LogP contribution in [0.3, 0.4) is 0 Å². The monoisotopic (exact) mass is 405 g/mol. The molecule has 0 aliphatic carbocycles. The number of fused-ring (bicyclic) bond motifs is 1. The van der Waals surface area contributed by atoms with Gasteiger partial charge in [0.25, 0.3) is 0 Å². The Labute approximate surface area is 177 Å². The molecule has 1 N–H and O–H groups in total. The van der Waals surface area contributed by atoms with Crippen molar-refractivity contribution >= 4 is 0 Å². The Morgan fingerprint density at radius 1 is 0.900 bits per heavy atom. The first kappa shape index (κ1) is 20.3. The summed E-state index contributed by atoms with van der Waals surface area (Å²) in [6, 6.07) is 22.6. The molecule has 0 amide bonds. The Morgan fingerprint density at radius 2 is 1.63 bits per heavy atom. The Hall–Kier alpha value is -3.02. The molecule has 1 heterocycles. The molecule has 1 aliphatic heterocycles. The van der Waals surface area contributed by atoms with E-state index >= 15 is 0 Å². The van der Waals surface area contributed by atoms with E-state index in [1.807, 2.05) is 31.2 Å². The van der Waals surface area contributed by atoms with Gasteiger partial charge in [-0.05, 0) is 59.5 Å². The molecule has 0 saturated heterocycles. The molecule has 0 aromatic heterocycles. The third-order valence-electron chi connectivity index (χ3n) is 5.12. The Kier molecular flexibility index (Phi) is 6.21. The molecule has 30 heavy (non-hydrogen) atoms. The summed E-state index contributed by atoms with van der Waals surface area (Å²) in [4.78, 5) is 2.25. The molecular formula is C25H27NO4. The molecule has 1 atom stereocenters. The molecule has 0 spiro atoms. The van der Waals surface area contributed by atoms with E-state index in [9.17, 15) is 5.11 Å². The second-order valence-corrected chi connectivity index (χ2v) is 7.64. The molecule has 0 saturated carbocycles. The van der Waals surface area contributed by atoms with Crippen molar-refractivity contribution in [1.29, 1.82) is 0 Å². The van der Waals surface area contributed by atoms with Crippen LogP contribution in [0.25, 0.3) is 11.1 Å². The first-order chi connectivity index (χ1) is 14.6. The van der Waals surface area contributed by atoms with Gasteiger partial charge in [0.1, 0.15) is 5.75 Å². The predicted octanol–water partition coefficient (Wildman–Crippen LogP) is 4.47. The van der Waals surface area contributed by atoms with Gasteiger partial charge < -0.3 is 19.3 Å². The van der Waals surface area contributed by atoms with E-state index < -0.39 is 6.10 Å². The van der Waals surface area contributed by atoms with Crippen molar-refractivity contribution in [1.82, 2.24) is 4.90 Å². The summed E-state index contributed by atoms with van der Waals surface area (Å²) in [6.07, 6.45) is -0.413. The van der Waals surface area contributed by atoms with Crippen LogP contribution in [0.2, 0.25) is 0 Å². The molecule has 1 unspecified atom stereocenters. The van der Waals surface area contributed by atoms with Crippen molar-refractivity contribution in [2.75, 3.05) is 20.4 Å². The number of aliphatic hydroxyl groups excluding tert-OH is 1. The van der Waals surface area contributed by atoms with E-state index in [0.717, 1.165) is 40.5 Å². The summed E-state index contributed by atoms with van der Waals surface area (Å²) in [5, 5.41) is 10.0. The summed E-state index contributed by atoms with van der Waals surface area (Å²) in [7, 11) is 1.67. The van der Waals surface area contributed by atoms with Gasteiger partial charge in [0.15, 0.2) is 11.5 Å². The highest BCUT2D eigenvalue weighted by atomic mass is 16.7. The van der Waals surface area contributed by atoms with Crippen molar-refractivity contribution in [3.8, 4) is 28.4 Å². The minimum absolute atomic E-state index is 0.272. The maximum atomic E-state index is 10.0. The van der Waals surface area contributed by atoms with Crippen LogP contribution in [-0.2, 0) is 13.1 Å². The van der Waals surface area contributed by atoms with E-state index in [2.05, 4.69) is 47.4 Å². The van der Waals surface area contributed by atoms with E-state index in [0.29, 0.717) is 13.1 Å². The van der Waals surface area contributed by atoms with Crippen LogP contribution in [0.15, 0.2) is 66.7 Å². The van der Waals surface area contributed by atoms with Gasteiger partial charge in [-0.2, -0.15) is 0 Å². The molecule has 0 fully saturated rings. The second kappa shape index (κ2) is 9.20. The zero-order valence-electron chi connectivity index (χ0n) is 17.4. The van der Waals surface area contributed by atoms with Crippen LogP contribution in [0.5, 0.6) is 17.2 Å². The minimum Gasteiger partial charge on any atom is -0.497 e. The van der Waals surface area contributed by atoms with Crippen molar-refractivity contribution in [2.24, 2.45) is 0 Å². The van der Waals surface area contributed by atoms with Crippen LogP contribution in [-0.4, -0.2) is 36.6 Å². The van der Waals surface area contributed by atoms with E-state index in [-0.39, 0.29) is 6.79 Å². The number of benzene rings is 3. The molecule has 5 heteroatoms. The molecule has 3 aromatic carbocycles. The van der Waals surface area contributed by atoms with Gasteiger partial charge in [0.05, 0.1) is 13.2 Å². The number of hydrogen-bond donors (Lipinski definition) is 1. The highest BCUT2D eigenvalue weighted by molar-refractivity contribution is 5.64. The lowest BCUT2D eigenvalue weighted by Gasteiger charge is -2.24. The average molecular weight is 405 g/mol. The summed E-state index contributed by atoms with van der Waals surface area (Å²) in [6.45, 7) is 4.13. The average Bonchev–Trinajstić information content (AvgIpc) is 3.21. The van der Waals surface area contributed by atoms with E-state index in [4.69, 9.17) is 14.2 Å². The summed E-state index contributed by atoms with van der Waals surface area (Å²) in [5.74, 6) is 2.42. The van der Waals surface area contributed by atoms with Crippen LogP contribution in [0, 0.1) is 0 Å². The molecule has 1 aliphatic rings. The number of rotatable bonds is 8. The van der Waals surface area contributed by atoms with Gasteiger partial charge in [-0.15, -0.1) is 0 Å². The standard InChI is InChI=1S/C25H27NO4/c1-18(27)14-26(16-20-6-11-24-25(13-20)30-17-29-24)15-19-4-3-5-22(12-19)21-7-9-23(28-2)10-8-21/h3-13,18,27H,14-17H2,1-2H3. The van der Waals surface area contributed by atoms with Gasteiger partial charge in [-0.3, -0.25) is 4.90 Å². The van der Waals surface area contributed by atoms with E-state index in [1.165, 1.54) is 5.56 Å². The fraction of sp³-hybridized carbons (Fsp3) is 0.280. The number of methoxy groups -OCH3 is 1. The van der Waals surface area contributed by atoms with Crippen LogP contribution in [0.1, 0.15) is 18.1 Å². The molecule has 3 aromatic rings. The van der Waals surface area contributed by atoms with Gasteiger partial charge in [0.2, 0.25) is 6.79 Å². The number of ether oxygens (including phenoxy) is 3. The highest BCUT2D eigenvalue weighted by Crippen LogP contribution is 2.33. The third kappa shape index (κ3) is 4.93. The maximum absolute atomic E-state index is 10.0. The normalized spacial score (nSPS) is 13.5. The first-order valence-electron chi connectivity index (χ1n) is 10.1. The number of nitrogens with zero attached hydrogens (tertiary/aromatic N) is 1. The van der Waals surface area contributed by atoms with Crippen molar-refractivity contribution in [3.63, 3.8) is 0 Å². The van der Waals surface area contributed by atoms with Gasteiger partial charge in [-0.25, -0.2) is 0 Å². The van der Waals surface area contributed by atoms with Gasteiger partial charge >= 0.3 is 0 Å². The lowest BCUT2D eigenvalue weighted by atomic mass is 10.0. The SMILES string of the molecule is COc1ccc(-c2cccc(CN(Cc3ccc4c(c3)OCO4)CC(C)O)c2)cc1. The van der Waals surface area contributed by atoms with Crippen molar-refractivity contribution < 1.29 is 19.3 Å². The smallest absolute Gasteiger partial charge is 0.231 e. The highest BCUT2D eigenvalue weighted by Gasteiger charge is 2.16. The summed E-state index contributed by atoms with van der Waals surface area (Å²) in [5.41, 5.74) is 4.64. The molecule has 156 valence electrons. The van der Waals surface area contributed by atoms with Crippen LogP contribution in [0.4, 0.5) is 0 Å². The molecule has 0 bridgehead atoms. The Bertz CT molecular complexity index is 985. The van der Waals surface area contributed by atoms with Gasteiger partial charge in [0, 0.05) is 19.6 Å². The topological polar surface area (TPSA) is 51.2 Å². The Balaban J connectivity index is 1.51. The number of hydrogen-bond acceptors (Lipinski definition) is 5. The zero-order chi connectivity index (χ0) is 20.9. The van der Waals surface area contributed by atoms with Crippen molar-refractivity contribution in [2.45, 2.75) is 26.1 Å². The predicted molar refractivity (Wildman–Crippen MR) is 117 cm³/mol. The summed E-state index contributed by atoms with van der Waals surface area (Å²) >= 11 is 0. The fourth-order valence-corrected chi connectivity index (χ4v) is 3.75. The lowest BCUT2D eigenvalue weighted by molar-refractivity contribution is 0.118. The first-order valence-corrected chi connectivity index (χ1v) is 10.1. The largest absolute Gasteiger partial charge is 0.497 e. The molecule has 5 nitrogen and oxygen atoms in total. The fourth-order valence-electron chi connectivity index (χ4n) is 3.75. The molecule has 0 radical (unpaired) electrons. The minimum atomic E-state index is -0.413. The quantitative estimate of drug-likeness (QED) is 0.599. The third-order valence-corrected chi connectivity index (χ3v) is 5.12. The van der Waals surface area contributed by atoms with Crippen LogP contribution >= 0.6 is 0 Å². The molecule has 4 rings (SSSR count). The Morgan fingerprint density at radius 3 is 2.37 bits per heavy atom.